The van der Waals surface area contributed by atoms with Crippen LogP contribution in [0.1, 0.15) is 47.2 Å². The summed E-state index contributed by atoms with van der Waals surface area (Å²) in [4.78, 5) is 2.58. The van der Waals surface area contributed by atoms with Gasteiger partial charge >= 0.3 is 0 Å². The molecule has 0 amide bonds. The van der Waals surface area contributed by atoms with Crippen molar-refractivity contribution in [1.82, 2.24) is 0 Å². The molecule has 0 atom stereocenters. The third-order valence-electron chi connectivity index (χ3n) is 15.5. The molecule has 1 aromatic heterocycles. The lowest BCUT2D eigenvalue weighted by Crippen LogP contribution is -2.46. The second-order valence-electron chi connectivity index (χ2n) is 18.9. The van der Waals surface area contributed by atoms with Crippen molar-refractivity contribution in [2.24, 2.45) is 0 Å². The Morgan fingerprint density at radius 1 is 0.391 bits per heavy atom. The van der Waals surface area contributed by atoms with Gasteiger partial charge in [0.15, 0.2) is 0 Å². The van der Waals surface area contributed by atoms with Crippen LogP contribution in [-0.4, -0.2) is 31.4 Å². The minimum Gasteiger partial charge on any atom is -0.456 e. The number of rotatable bonds is 4. The van der Waals surface area contributed by atoms with Crippen molar-refractivity contribution in [1.29, 1.82) is 0 Å². The Morgan fingerprint density at radius 3 is 1.44 bits per heavy atom. The molecule has 1 spiro atoms. The number of para-hydroxylation sites is 1. The molecule has 0 radical (unpaired) electrons. The lowest BCUT2D eigenvalue weighted by Gasteiger charge is -2.35. The van der Waals surface area contributed by atoms with E-state index in [1.54, 1.807) is 0 Å². The van der Waals surface area contributed by atoms with E-state index < -0.39 is 5.41 Å². The molecule has 1 heterocycles. The van der Waals surface area contributed by atoms with Crippen LogP contribution in [0.3, 0.4) is 0 Å². The Balaban J connectivity index is 1.07. The van der Waals surface area contributed by atoms with Crippen LogP contribution < -0.4 is 26.8 Å². The first-order chi connectivity index (χ1) is 31.2. The number of furan rings is 1. The standard InChI is InChI=1S/C58H43B4NO/c1-57(2)43-18-8-3-13-35(43)39-27-24-33(30-47(39)57)63(56-54(61)52(59)51(53(60)55(56)62)32-23-26-42-41-17-7-12-22-49(41)64-50(42)29-32)34-25-28-40-38-16-6-11-21-46(38)58(48(40)31-34)44-19-9-4-14-36(44)37-15-5-10-20-45(37)58/h3-31H,59-62H2,1-2H3. The normalized spacial score (nSPS) is 14.3. The smallest absolute Gasteiger partial charge is 0.141 e. The average molecular weight is 813 g/mol. The molecule has 0 unspecified atom stereocenters. The first kappa shape index (κ1) is 37.4. The highest BCUT2D eigenvalue weighted by atomic mass is 16.3. The van der Waals surface area contributed by atoms with Crippen LogP contribution in [0.15, 0.2) is 180 Å². The maximum atomic E-state index is 6.44. The van der Waals surface area contributed by atoms with Crippen molar-refractivity contribution in [2.75, 3.05) is 4.90 Å². The highest BCUT2D eigenvalue weighted by molar-refractivity contribution is 6.63. The monoisotopic (exact) mass is 813 g/mol. The third-order valence-corrected chi connectivity index (χ3v) is 15.5. The molecule has 0 aliphatic heterocycles. The molecule has 6 heteroatoms. The zero-order valence-electron chi connectivity index (χ0n) is 37.1. The number of anilines is 3. The van der Waals surface area contributed by atoms with Gasteiger partial charge in [0.05, 0.1) is 5.41 Å². The Labute approximate surface area is 378 Å². The van der Waals surface area contributed by atoms with Gasteiger partial charge < -0.3 is 9.32 Å². The lowest BCUT2D eigenvalue weighted by molar-refractivity contribution is 0.660. The summed E-state index contributed by atoms with van der Waals surface area (Å²) in [6.45, 7) is 4.77. The number of hydrogen-bond acceptors (Lipinski definition) is 2. The highest BCUT2D eigenvalue weighted by Crippen LogP contribution is 2.63. The molecule has 0 bridgehead atoms. The fourth-order valence-electron chi connectivity index (χ4n) is 12.4. The van der Waals surface area contributed by atoms with E-state index >= 15 is 0 Å². The molecule has 10 aromatic rings. The zero-order valence-corrected chi connectivity index (χ0v) is 37.1. The molecule has 3 aliphatic carbocycles. The summed E-state index contributed by atoms with van der Waals surface area (Å²) in [6.07, 6.45) is 0. The van der Waals surface area contributed by atoms with Crippen LogP contribution in [0.4, 0.5) is 17.1 Å². The van der Waals surface area contributed by atoms with E-state index in [9.17, 15) is 0 Å². The molecule has 64 heavy (non-hydrogen) atoms. The van der Waals surface area contributed by atoms with Crippen LogP contribution in [0.25, 0.3) is 66.4 Å². The molecule has 0 N–H and O–H groups in total. The maximum Gasteiger partial charge on any atom is 0.141 e. The van der Waals surface area contributed by atoms with Crippen LogP contribution in [0.2, 0.25) is 0 Å². The summed E-state index contributed by atoms with van der Waals surface area (Å²) in [5.74, 6) is 0. The minimum absolute atomic E-state index is 0.149. The van der Waals surface area contributed by atoms with Crippen molar-refractivity contribution < 1.29 is 4.42 Å². The molecule has 0 fully saturated rings. The molecule has 0 saturated heterocycles. The average Bonchev–Trinajstić information content (AvgIpc) is 4.01. The third kappa shape index (κ3) is 4.76. The summed E-state index contributed by atoms with van der Waals surface area (Å²) in [5, 5.41) is 2.30. The topological polar surface area (TPSA) is 16.4 Å². The molecular formula is C58H43B4NO. The lowest BCUT2D eigenvalue weighted by atomic mass is 9.64. The first-order valence-electron chi connectivity index (χ1n) is 22.7. The van der Waals surface area contributed by atoms with E-state index in [1.807, 2.05) is 6.07 Å². The molecular weight excluding hydrogens is 770 g/mol. The quantitative estimate of drug-likeness (QED) is 0.166. The number of benzene rings is 9. The SMILES string of the molecule is Bc1c(B)c(N(c2ccc3c(c2)C(C)(C)c2ccccc2-3)c2ccc3c(c2)C2(c4ccccc4-c4ccccc42)c2ccccc2-3)c(B)c(B)c1-c1ccc2c(c1)oc1ccccc12. The second-order valence-corrected chi connectivity index (χ2v) is 18.9. The van der Waals surface area contributed by atoms with Crippen LogP contribution >= 0.6 is 0 Å². The van der Waals surface area contributed by atoms with Crippen molar-refractivity contribution in [3.05, 3.63) is 209 Å². The highest BCUT2D eigenvalue weighted by Gasteiger charge is 2.51. The Morgan fingerprint density at radius 2 is 0.844 bits per heavy atom. The van der Waals surface area contributed by atoms with Crippen molar-refractivity contribution in [2.45, 2.75) is 24.7 Å². The Hall–Kier alpha value is -7.16. The van der Waals surface area contributed by atoms with Crippen LogP contribution in [0.5, 0.6) is 0 Å². The number of hydrogen-bond donors (Lipinski definition) is 0. The van der Waals surface area contributed by atoms with Gasteiger partial charge in [-0.15, -0.1) is 0 Å². The molecule has 3 aliphatic rings. The molecule has 13 rings (SSSR count). The van der Waals surface area contributed by atoms with Crippen molar-refractivity contribution >= 4 is 92.2 Å². The second kappa shape index (κ2) is 13.2. The van der Waals surface area contributed by atoms with Gasteiger partial charge in [0.1, 0.15) is 42.6 Å². The largest absolute Gasteiger partial charge is 0.456 e. The van der Waals surface area contributed by atoms with Gasteiger partial charge in [0.2, 0.25) is 0 Å². The summed E-state index contributed by atoms with van der Waals surface area (Å²) >= 11 is 0. The van der Waals surface area contributed by atoms with Crippen molar-refractivity contribution in [3.8, 4) is 44.5 Å². The molecule has 2 nitrogen and oxygen atoms in total. The fraction of sp³-hybridized carbons (Fsp3) is 0.0690. The summed E-state index contributed by atoms with van der Waals surface area (Å²) in [5.41, 5.74) is 28.4. The minimum atomic E-state index is -0.447. The van der Waals surface area contributed by atoms with Crippen LogP contribution in [0, 0.1) is 0 Å². The van der Waals surface area contributed by atoms with E-state index in [1.165, 1.54) is 105 Å². The van der Waals surface area contributed by atoms with Gasteiger partial charge in [-0.05, 0) is 120 Å². The Bertz CT molecular complexity index is 3580. The van der Waals surface area contributed by atoms with Gasteiger partial charge in [-0.3, -0.25) is 0 Å². The van der Waals surface area contributed by atoms with Gasteiger partial charge in [-0.1, -0.05) is 169 Å². The van der Waals surface area contributed by atoms with E-state index in [0.29, 0.717) is 0 Å². The Kier molecular flexibility index (Phi) is 7.71. The van der Waals surface area contributed by atoms with E-state index in [4.69, 9.17) is 4.42 Å². The van der Waals surface area contributed by atoms with Gasteiger partial charge in [0, 0.05) is 33.2 Å². The first-order valence-corrected chi connectivity index (χ1v) is 22.7. The molecule has 0 saturated carbocycles. The van der Waals surface area contributed by atoms with Crippen molar-refractivity contribution in [3.63, 3.8) is 0 Å². The number of fused-ring (bicyclic) bond motifs is 16. The van der Waals surface area contributed by atoms with Gasteiger partial charge in [0.25, 0.3) is 0 Å². The predicted octanol–water partition coefficient (Wildman–Crippen LogP) is 8.41. The zero-order chi connectivity index (χ0) is 43.2. The summed E-state index contributed by atoms with van der Waals surface area (Å²) in [7, 11) is 9.28. The summed E-state index contributed by atoms with van der Waals surface area (Å²) < 4.78 is 6.44. The van der Waals surface area contributed by atoms with E-state index in [-0.39, 0.29) is 5.41 Å². The predicted molar refractivity (Wildman–Crippen MR) is 280 cm³/mol. The molecule has 9 aromatic carbocycles. The summed E-state index contributed by atoms with van der Waals surface area (Å²) in [6, 6.07) is 65.9. The number of nitrogens with zero attached hydrogens (tertiary/aromatic N) is 1. The van der Waals surface area contributed by atoms with Crippen LogP contribution in [-0.2, 0) is 10.8 Å². The fourth-order valence-corrected chi connectivity index (χ4v) is 12.4. The van der Waals surface area contributed by atoms with E-state index in [0.717, 1.165) is 33.3 Å². The van der Waals surface area contributed by atoms with Gasteiger partial charge in [-0.2, -0.15) is 0 Å². The molecule has 298 valence electrons. The maximum absolute atomic E-state index is 6.44. The van der Waals surface area contributed by atoms with Gasteiger partial charge in [-0.25, -0.2) is 0 Å². The van der Waals surface area contributed by atoms with E-state index in [2.05, 4.69) is 220 Å².